The van der Waals surface area contributed by atoms with Crippen LogP contribution in [0.2, 0.25) is 0 Å². The van der Waals surface area contributed by atoms with Crippen LogP contribution in [-0.2, 0) is 17.0 Å². The first-order valence-electron chi connectivity index (χ1n) is 9.02. The van der Waals surface area contributed by atoms with E-state index >= 15 is 0 Å². The molecule has 0 fully saturated rings. The fourth-order valence-corrected chi connectivity index (χ4v) is 3.03. The van der Waals surface area contributed by atoms with Crippen LogP contribution in [0.5, 0.6) is 17.2 Å². The van der Waals surface area contributed by atoms with Gasteiger partial charge in [0.15, 0.2) is 11.5 Å². The predicted molar refractivity (Wildman–Crippen MR) is 116 cm³/mol. The molecule has 2 aromatic carbocycles. The second-order valence-electron chi connectivity index (χ2n) is 6.33. The number of amides is 1. The van der Waals surface area contributed by atoms with E-state index in [1.165, 1.54) is 13.3 Å². The van der Waals surface area contributed by atoms with Crippen LogP contribution >= 0.6 is 12.6 Å². The molecule has 0 radical (unpaired) electrons. The lowest BCUT2D eigenvalue weighted by Gasteiger charge is -2.15. The minimum Gasteiger partial charge on any atom is -0.493 e. The number of hydrogen-bond donors (Lipinski definition) is 3. The Kier molecular flexibility index (Phi) is 6.92. The van der Waals surface area contributed by atoms with Crippen LogP contribution in [-0.4, -0.2) is 29.1 Å². The molecular weight excluding hydrogens is 404 g/mol. The van der Waals surface area contributed by atoms with E-state index in [-0.39, 0.29) is 12.3 Å². The Labute approximate surface area is 179 Å². The summed E-state index contributed by atoms with van der Waals surface area (Å²) in [5, 5.41) is 11.8. The fourth-order valence-electron chi connectivity index (χ4n) is 2.78. The van der Waals surface area contributed by atoms with Crippen molar-refractivity contribution >= 4 is 30.2 Å². The molecule has 0 bridgehead atoms. The number of nitrogens with one attached hydrogen (secondary N) is 1. The summed E-state index contributed by atoms with van der Waals surface area (Å²) in [4.78, 5) is 27.3. The molecule has 0 spiro atoms. The first-order chi connectivity index (χ1) is 14.5. The summed E-state index contributed by atoms with van der Waals surface area (Å²) in [6, 6.07) is 13.5. The average molecular weight is 424 g/mol. The van der Waals surface area contributed by atoms with Crippen molar-refractivity contribution in [1.29, 1.82) is 0 Å². The van der Waals surface area contributed by atoms with Gasteiger partial charge in [-0.2, -0.15) is 12.6 Å². The van der Waals surface area contributed by atoms with Crippen LogP contribution in [0.15, 0.2) is 60.9 Å². The number of aromatic nitrogens is 1. The number of carboxylic acid groups (broad SMARTS) is 1. The van der Waals surface area contributed by atoms with Gasteiger partial charge < -0.3 is 19.9 Å². The minimum atomic E-state index is -0.934. The predicted octanol–water partition coefficient (Wildman–Crippen LogP) is 4.19. The second-order valence-corrected chi connectivity index (χ2v) is 6.65. The topological polar surface area (TPSA) is 97.8 Å². The maximum atomic E-state index is 12.3. The molecule has 1 amide bonds. The van der Waals surface area contributed by atoms with Gasteiger partial charge in [0.25, 0.3) is 5.91 Å². The molecule has 1 heterocycles. The van der Waals surface area contributed by atoms with E-state index in [4.69, 9.17) is 14.6 Å². The van der Waals surface area contributed by atoms with Gasteiger partial charge in [-0.15, -0.1) is 0 Å². The summed E-state index contributed by atoms with van der Waals surface area (Å²) in [6.45, 7) is 0. The van der Waals surface area contributed by atoms with Crippen molar-refractivity contribution in [2.75, 3.05) is 12.4 Å². The summed E-state index contributed by atoms with van der Waals surface area (Å²) >= 11 is 4.36. The Hall–Kier alpha value is -3.52. The fraction of sp³-hybridized carbons (Fsp3) is 0.136. The van der Waals surface area contributed by atoms with E-state index in [1.807, 2.05) is 0 Å². The van der Waals surface area contributed by atoms with Crippen molar-refractivity contribution in [3.8, 4) is 17.2 Å². The Balaban J connectivity index is 1.83. The molecule has 3 aromatic rings. The number of thiol groups is 1. The van der Waals surface area contributed by atoms with E-state index in [0.717, 1.165) is 5.56 Å². The van der Waals surface area contributed by atoms with Crippen LogP contribution in [0.3, 0.4) is 0 Å². The number of carbonyl (C=O) groups is 2. The molecular formula is C22H20N2O5S. The molecule has 2 N–H and O–H groups in total. The SMILES string of the molecule is COc1ccc(CC(=O)O)cc1Oc1ccc(NC(=O)c2cccnc2)cc1CS. The third-order valence-corrected chi connectivity index (χ3v) is 4.56. The molecule has 0 saturated carbocycles. The van der Waals surface area contributed by atoms with Gasteiger partial charge in [-0.05, 0) is 48.0 Å². The number of pyridine rings is 1. The van der Waals surface area contributed by atoms with Crippen molar-refractivity contribution in [2.45, 2.75) is 12.2 Å². The zero-order valence-corrected chi connectivity index (χ0v) is 17.1. The molecule has 0 aliphatic rings. The van der Waals surface area contributed by atoms with Crippen molar-refractivity contribution in [2.24, 2.45) is 0 Å². The number of methoxy groups -OCH3 is 1. The maximum absolute atomic E-state index is 12.3. The summed E-state index contributed by atoms with van der Waals surface area (Å²) in [6.07, 6.45) is 2.96. The Morgan fingerprint density at radius 1 is 1.10 bits per heavy atom. The first-order valence-corrected chi connectivity index (χ1v) is 9.65. The number of hydrogen-bond acceptors (Lipinski definition) is 6. The highest BCUT2D eigenvalue weighted by Gasteiger charge is 2.13. The van der Waals surface area contributed by atoms with Gasteiger partial charge in [0.05, 0.1) is 19.1 Å². The minimum absolute atomic E-state index is 0.126. The second kappa shape index (κ2) is 9.80. The van der Waals surface area contributed by atoms with Crippen molar-refractivity contribution < 1.29 is 24.2 Å². The quantitative estimate of drug-likeness (QED) is 0.469. The highest BCUT2D eigenvalue weighted by molar-refractivity contribution is 7.79. The first kappa shape index (κ1) is 21.2. The van der Waals surface area contributed by atoms with Gasteiger partial charge in [0, 0.05) is 29.4 Å². The number of ether oxygens (including phenoxy) is 2. The van der Waals surface area contributed by atoms with Crippen molar-refractivity contribution in [3.63, 3.8) is 0 Å². The van der Waals surface area contributed by atoms with E-state index < -0.39 is 5.97 Å². The highest BCUT2D eigenvalue weighted by Crippen LogP contribution is 2.35. The number of anilines is 1. The maximum Gasteiger partial charge on any atom is 0.307 e. The number of benzene rings is 2. The average Bonchev–Trinajstić information content (AvgIpc) is 2.75. The summed E-state index contributed by atoms with van der Waals surface area (Å²) in [7, 11) is 1.51. The van der Waals surface area contributed by atoms with E-state index in [9.17, 15) is 9.59 Å². The van der Waals surface area contributed by atoms with Gasteiger partial charge in [-0.25, -0.2) is 0 Å². The zero-order chi connectivity index (χ0) is 21.5. The number of carboxylic acids is 1. The van der Waals surface area contributed by atoms with Crippen LogP contribution in [0.25, 0.3) is 0 Å². The van der Waals surface area contributed by atoms with Gasteiger partial charge in [-0.3, -0.25) is 14.6 Å². The third-order valence-electron chi connectivity index (χ3n) is 4.22. The molecule has 0 aliphatic heterocycles. The Morgan fingerprint density at radius 3 is 2.57 bits per heavy atom. The largest absolute Gasteiger partial charge is 0.493 e. The van der Waals surface area contributed by atoms with Crippen LogP contribution in [0, 0.1) is 0 Å². The number of rotatable bonds is 8. The van der Waals surface area contributed by atoms with Crippen LogP contribution in [0.1, 0.15) is 21.5 Å². The van der Waals surface area contributed by atoms with E-state index in [2.05, 4.69) is 22.9 Å². The van der Waals surface area contributed by atoms with Gasteiger partial charge in [0.2, 0.25) is 0 Å². The zero-order valence-electron chi connectivity index (χ0n) is 16.2. The van der Waals surface area contributed by atoms with Gasteiger partial charge in [0.1, 0.15) is 5.75 Å². The monoisotopic (exact) mass is 424 g/mol. The lowest BCUT2D eigenvalue weighted by molar-refractivity contribution is -0.136. The molecule has 0 unspecified atom stereocenters. The van der Waals surface area contributed by atoms with Crippen LogP contribution < -0.4 is 14.8 Å². The van der Waals surface area contributed by atoms with E-state index in [0.29, 0.717) is 39.8 Å². The number of carbonyl (C=O) groups excluding carboxylic acids is 1. The molecule has 30 heavy (non-hydrogen) atoms. The Morgan fingerprint density at radius 2 is 1.90 bits per heavy atom. The molecule has 1 aromatic heterocycles. The van der Waals surface area contributed by atoms with Crippen LogP contribution in [0.4, 0.5) is 5.69 Å². The highest BCUT2D eigenvalue weighted by atomic mass is 32.1. The summed E-state index contributed by atoms with van der Waals surface area (Å²) < 4.78 is 11.3. The lowest BCUT2D eigenvalue weighted by atomic mass is 10.1. The standard InChI is InChI=1S/C22H20N2O5S/c1-28-19-6-4-14(10-21(25)26)9-20(19)29-18-7-5-17(11-16(18)13-30)24-22(27)15-3-2-8-23-12-15/h2-9,11-12,30H,10,13H2,1H3,(H,24,27)(H,25,26). The lowest BCUT2D eigenvalue weighted by Crippen LogP contribution is -2.12. The molecule has 154 valence electrons. The molecule has 3 rings (SSSR count). The van der Waals surface area contributed by atoms with Crippen molar-refractivity contribution in [1.82, 2.24) is 4.98 Å². The molecule has 0 saturated heterocycles. The third kappa shape index (κ3) is 5.30. The van der Waals surface area contributed by atoms with Gasteiger partial charge in [-0.1, -0.05) is 6.07 Å². The Bertz CT molecular complexity index is 1060. The molecule has 0 atom stereocenters. The van der Waals surface area contributed by atoms with Gasteiger partial charge >= 0.3 is 5.97 Å². The number of nitrogens with zero attached hydrogens (tertiary/aromatic N) is 1. The smallest absolute Gasteiger partial charge is 0.307 e. The normalized spacial score (nSPS) is 10.3. The van der Waals surface area contributed by atoms with E-state index in [1.54, 1.807) is 54.7 Å². The summed E-state index contributed by atoms with van der Waals surface area (Å²) in [5.74, 6) is 0.550. The molecule has 7 nitrogen and oxygen atoms in total. The molecule has 0 aliphatic carbocycles. The molecule has 8 heteroatoms. The van der Waals surface area contributed by atoms with Crippen molar-refractivity contribution in [3.05, 3.63) is 77.6 Å². The number of aliphatic carboxylic acids is 1. The summed E-state index contributed by atoms with van der Waals surface area (Å²) in [5.41, 5.74) is 2.37.